The quantitative estimate of drug-likeness (QED) is 0.194. The lowest BCUT2D eigenvalue weighted by molar-refractivity contribution is -0.114. The number of ether oxygens (including phenoxy) is 2. The summed E-state index contributed by atoms with van der Waals surface area (Å²) in [5.41, 5.74) is 3.29. The second kappa shape index (κ2) is 12.5. The van der Waals surface area contributed by atoms with Crippen molar-refractivity contribution in [2.75, 3.05) is 18.5 Å². The van der Waals surface area contributed by atoms with Crippen LogP contribution in [0.2, 0.25) is 5.02 Å². The van der Waals surface area contributed by atoms with Gasteiger partial charge in [0.05, 0.1) is 13.2 Å². The number of halogens is 1. The summed E-state index contributed by atoms with van der Waals surface area (Å²) in [7, 11) is 0. The number of hydrogen-bond donors (Lipinski definition) is 1. The molecule has 2 heterocycles. The molecule has 7 nitrogen and oxygen atoms in total. The maximum atomic E-state index is 12.8. The van der Waals surface area contributed by atoms with Gasteiger partial charge in [0.25, 0.3) is 0 Å². The van der Waals surface area contributed by atoms with Gasteiger partial charge in [-0.1, -0.05) is 67.4 Å². The van der Waals surface area contributed by atoms with Gasteiger partial charge in [-0.2, -0.15) is 4.98 Å². The molecular formula is C28H33ClN4O3S. The van der Waals surface area contributed by atoms with E-state index in [1.165, 1.54) is 11.8 Å². The van der Waals surface area contributed by atoms with Crippen LogP contribution in [0.3, 0.4) is 0 Å². The molecule has 4 rings (SSSR count). The van der Waals surface area contributed by atoms with Gasteiger partial charge in [0.15, 0.2) is 17.3 Å². The Hall–Kier alpha value is -2.97. The summed E-state index contributed by atoms with van der Waals surface area (Å²) in [5.74, 6) is 2.56. The van der Waals surface area contributed by atoms with E-state index in [0.717, 1.165) is 36.1 Å². The number of thioether (sulfide) groups is 1. The van der Waals surface area contributed by atoms with Gasteiger partial charge < -0.3 is 14.8 Å². The first-order valence-corrected chi connectivity index (χ1v) is 14.0. The van der Waals surface area contributed by atoms with Gasteiger partial charge in [0, 0.05) is 22.0 Å². The van der Waals surface area contributed by atoms with E-state index in [9.17, 15) is 4.79 Å². The van der Waals surface area contributed by atoms with E-state index in [1.54, 1.807) is 11.6 Å². The van der Waals surface area contributed by atoms with E-state index in [-0.39, 0.29) is 5.78 Å². The van der Waals surface area contributed by atoms with Crippen LogP contribution in [0, 0.1) is 0 Å². The zero-order valence-corrected chi connectivity index (χ0v) is 23.3. The van der Waals surface area contributed by atoms with E-state index in [2.05, 4.69) is 12.2 Å². The minimum absolute atomic E-state index is 0.0285. The van der Waals surface area contributed by atoms with Crippen molar-refractivity contribution in [2.24, 2.45) is 0 Å². The Kier molecular flexibility index (Phi) is 9.16. The number of ketones is 1. The van der Waals surface area contributed by atoms with Crippen LogP contribution >= 0.6 is 23.4 Å². The smallest absolute Gasteiger partial charge is 0.227 e. The maximum absolute atomic E-state index is 12.8. The van der Waals surface area contributed by atoms with E-state index in [4.69, 9.17) is 31.2 Å². The van der Waals surface area contributed by atoms with Gasteiger partial charge in [-0.15, -0.1) is 5.10 Å². The normalized spacial score (nSPS) is 14.8. The highest BCUT2D eigenvalue weighted by molar-refractivity contribution is 7.98. The van der Waals surface area contributed by atoms with Gasteiger partial charge >= 0.3 is 0 Å². The van der Waals surface area contributed by atoms with E-state index in [1.807, 2.05) is 56.3 Å². The molecule has 1 aromatic heterocycles. The summed E-state index contributed by atoms with van der Waals surface area (Å²) in [6, 6.07) is 13.2. The number of carbonyl (C=O) groups is 1. The molecule has 0 saturated carbocycles. The lowest BCUT2D eigenvalue weighted by Crippen LogP contribution is -2.27. The number of anilines is 1. The average molecular weight is 541 g/mol. The Morgan fingerprint density at radius 3 is 2.68 bits per heavy atom. The fourth-order valence-corrected chi connectivity index (χ4v) is 5.45. The molecule has 0 fully saturated rings. The van der Waals surface area contributed by atoms with Crippen molar-refractivity contribution < 1.29 is 14.3 Å². The van der Waals surface area contributed by atoms with Crippen LogP contribution in [0.15, 0.2) is 58.9 Å². The Bertz CT molecular complexity index is 1290. The van der Waals surface area contributed by atoms with Gasteiger partial charge in [-0.05, 0) is 56.5 Å². The van der Waals surface area contributed by atoms with Gasteiger partial charge in [0.2, 0.25) is 11.1 Å². The summed E-state index contributed by atoms with van der Waals surface area (Å²) in [4.78, 5) is 17.5. The Morgan fingerprint density at radius 1 is 1.14 bits per heavy atom. The van der Waals surface area contributed by atoms with Gasteiger partial charge in [0.1, 0.15) is 6.04 Å². The molecule has 0 spiro atoms. The van der Waals surface area contributed by atoms with Gasteiger partial charge in [-0.25, -0.2) is 4.68 Å². The minimum atomic E-state index is -0.440. The number of unbranched alkanes of at least 4 members (excludes halogenated alkanes) is 2. The topological polar surface area (TPSA) is 78.3 Å². The number of fused-ring (bicyclic) bond motifs is 1. The van der Waals surface area contributed by atoms with E-state index < -0.39 is 6.04 Å². The SMILES string of the molecule is CCCCCOc1ccc(C2C(C(C)=O)=C(C)Nc3nc(SCc4ccccc4Cl)nn32)cc1OCC. The maximum Gasteiger partial charge on any atom is 0.227 e. The van der Waals surface area contributed by atoms with Crippen molar-refractivity contribution in [3.63, 3.8) is 0 Å². The van der Waals surface area contributed by atoms with Crippen LogP contribution in [0.1, 0.15) is 64.1 Å². The molecule has 0 saturated heterocycles. The van der Waals surface area contributed by atoms with E-state index >= 15 is 0 Å². The highest BCUT2D eigenvalue weighted by Crippen LogP contribution is 2.40. The van der Waals surface area contributed by atoms with Crippen LogP contribution in [-0.2, 0) is 10.5 Å². The first-order chi connectivity index (χ1) is 17.9. The summed E-state index contributed by atoms with van der Waals surface area (Å²) in [6.45, 7) is 8.73. The third kappa shape index (κ3) is 6.30. The molecule has 1 unspecified atom stereocenters. The number of nitrogens with zero attached hydrogens (tertiary/aromatic N) is 3. The summed E-state index contributed by atoms with van der Waals surface area (Å²) < 4.78 is 13.7. The number of aromatic nitrogens is 3. The summed E-state index contributed by atoms with van der Waals surface area (Å²) >= 11 is 7.83. The molecule has 1 aliphatic heterocycles. The van der Waals surface area contributed by atoms with Crippen molar-refractivity contribution >= 4 is 35.1 Å². The first-order valence-electron chi connectivity index (χ1n) is 12.6. The Balaban J connectivity index is 1.66. The van der Waals surface area contributed by atoms with Crippen molar-refractivity contribution in [2.45, 2.75) is 63.9 Å². The molecule has 0 amide bonds. The molecule has 2 aromatic carbocycles. The number of carbonyl (C=O) groups excluding carboxylic acids is 1. The molecule has 1 atom stereocenters. The molecule has 1 N–H and O–H groups in total. The third-order valence-electron chi connectivity index (χ3n) is 6.12. The summed E-state index contributed by atoms with van der Waals surface area (Å²) in [5, 5.41) is 9.38. The highest BCUT2D eigenvalue weighted by Gasteiger charge is 2.33. The molecule has 0 bridgehead atoms. The number of hydrogen-bond acceptors (Lipinski definition) is 7. The lowest BCUT2D eigenvalue weighted by Gasteiger charge is -2.28. The van der Waals surface area contributed by atoms with E-state index in [0.29, 0.717) is 52.2 Å². The molecule has 9 heteroatoms. The molecule has 1 aliphatic rings. The summed E-state index contributed by atoms with van der Waals surface area (Å²) in [6.07, 6.45) is 3.25. The predicted octanol–water partition coefficient (Wildman–Crippen LogP) is 7.07. The first kappa shape index (κ1) is 27.1. The Labute approximate surface area is 227 Å². The van der Waals surface area contributed by atoms with Crippen molar-refractivity contribution in [1.82, 2.24) is 14.8 Å². The standard InChI is InChI=1S/C28H33ClN4O3S/c1-5-7-10-15-36-23-14-13-20(16-24(23)35-6-2)26-25(19(4)34)18(3)30-27-31-28(32-33(26)27)37-17-21-11-8-9-12-22(21)29/h8-9,11-14,16,26H,5-7,10,15,17H2,1-4H3,(H,30,31,32). The number of benzene rings is 2. The zero-order valence-electron chi connectivity index (χ0n) is 21.7. The molecule has 37 heavy (non-hydrogen) atoms. The average Bonchev–Trinajstić information content (AvgIpc) is 3.28. The fraction of sp³-hybridized carbons (Fsp3) is 0.393. The van der Waals surface area contributed by atoms with Crippen LogP contribution in [0.4, 0.5) is 5.95 Å². The predicted molar refractivity (Wildman–Crippen MR) is 149 cm³/mol. The van der Waals surface area contributed by atoms with Crippen molar-refractivity contribution in [3.05, 3.63) is 69.9 Å². The molecule has 0 radical (unpaired) electrons. The number of rotatable bonds is 12. The zero-order chi connectivity index (χ0) is 26.4. The highest BCUT2D eigenvalue weighted by atomic mass is 35.5. The number of allylic oxidation sites excluding steroid dienone is 2. The number of nitrogens with one attached hydrogen (secondary N) is 1. The van der Waals surface area contributed by atoms with Crippen molar-refractivity contribution in [3.8, 4) is 11.5 Å². The number of Topliss-reactive ketones (excluding diaryl/α,β-unsaturated/α-hetero) is 1. The second-order valence-electron chi connectivity index (χ2n) is 8.86. The monoisotopic (exact) mass is 540 g/mol. The molecular weight excluding hydrogens is 508 g/mol. The lowest BCUT2D eigenvalue weighted by atomic mass is 9.93. The third-order valence-corrected chi connectivity index (χ3v) is 7.37. The molecule has 3 aromatic rings. The van der Waals surface area contributed by atoms with Crippen molar-refractivity contribution in [1.29, 1.82) is 0 Å². The molecule has 0 aliphatic carbocycles. The van der Waals surface area contributed by atoms with Crippen LogP contribution in [-0.4, -0.2) is 33.8 Å². The fourth-order valence-electron chi connectivity index (χ4n) is 4.33. The van der Waals surface area contributed by atoms with Crippen LogP contribution < -0.4 is 14.8 Å². The molecule has 196 valence electrons. The van der Waals surface area contributed by atoms with Crippen LogP contribution in [0.5, 0.6) is 11.5 Å². The largest absolute Gasteiger partial charge is 0.490 e. The van der Waals surface area contributed by atoms with Gasteiger partial charge in [-0.3, -0.25) is 4.79 Å². The minimum Gasteiger partial charge on any atom is -0.490 e. The Morgan fingerprint density at radius 2 is 1.95 bits per heavy atom. The second-order valence-corrected chi connectivity index (χ2v) is 10.2. The van der Waals surface area contributed by atoms with Crippen LogP contribution in [0.25, 0.3) is 0 Å².